The number of furan rings is 1. The van der Waals surface area contributed by atoms with E-state index in [9.17, 15) is 4.79 Å². The number of hydrogen-bond donors (Lipinski definition) is 1. The Hall–Kier alpha value is -2.02. The molecule has 2 aliphatic rings. The number of likely N-dealkylation sites (tertiary alicyclic amines) is 1. The van der Waals surface area contributed by atoms with Gasteiger partial charge in [-0.1, -0.05) is 13.8 Å². The van der Waals surface area contributed by atoms with Gasteiger partial charge in [-0.2, -0.15) is 0 Å². The van der Waals surface area contributed by atoms with E-state index in [1.165, 1.54) is 0 Å². The van der Waals surface area contributed by atoms with Gasteiger partial charge in [-0.15, -0.1) is 0 Å². The molecule has 29 heavy (non-hydrogen) atoms. The number of amides is 1. The number of guanidine groups is 1. The van der Waals surface area contributed by atoms with Crippen molar-refractivity contribution in [2.45, 2.75) is 46.1 Å². The largest absolute Gasteiger partial charge is 0.469 e. The molecule has 2 fully saturated rings. The zero-order valence-corrected chi connectivity index (χ0v) is 18.3. The summed E-state index contributed by atoms with van der Waals surface area (Å²) in [7, 11) is 0. The summed E-state index contributed by atoms with van der Waals surface area (Å²) >= 11 is 0. The Labute approximate surface area is 175 Å². The first-order valence-corrected chi connectivity index (χ1v) is 11.1. The molecule has 3 heterocycles. The number of carbonyl (C=O) groups is 1. The van der Waals surface area contributed by atoms with Crippen LogP contribution in [0.5, 0.6) is 0 Å². The Balaban J connectivity index is 1.51. The van der Waals surface area contributed by atoms with Crippen LogP contribution in [0.2, 0.25) is 0 Å². The highest BCUT2D eigenvalue weighted by atomic mass is 16.3. The van der Waals surface area contributed by atoms with Gasteiger partial charge in [-0.3, -0.25) is 14.7 Å². The average Bonchev–Trinajstić information content (AvgIpc) is 3.43. The Morgan fingerprint density at radius 2 is 1.83 bits per heavy atom. The molecule has 0 bridgehead atoms. The van der Waals surface area contributed by atoms with Crippen LogP contribution in [-0.4, -0.2) is 85.0 Å². The monoisotopic (exact) mass is 403 g/mol. The minimum Gasteiger partial charge on any atom is -0.469 e. The zero-order valence-electron chi connectivity index (χ0n) is 18.3. The summed E-state index contributed by atoms with van der Waals surface area (Å²) < 4.78 is 5.43. The van der Waals surface area contributed by atoms with Gasteiger partial charge < -0.3 is 19.5 Å². The molecule has 1 unspecified atom stereocenters. The Morgan fingerprint density at radius 3 is 2.45 bits per heavy atom. The number of piperazine rings is 1. The van der Waals surface area contributed by atoms with Gasteiger partial charge in [-0.25, -0.2) is 0 Å². The van der Waals surface area contributed by atoms with Gasteiger partial charge in [-0.05, 0) is 37.8 Å². The first-order chi connectivity index (χ1) is 14.0. The number of nitrogens with zero attached hydrogens (tertiary/aromatic N) is 4. The van der Waals surface area contributed by atoms with E-state index in [2.05, 4.69) is 35.9 Å². The van der Waals surface area contributed by atoms with Gasteiger partial charge in [0.1, 0.15) is 5.76 Å². The summed E-state index contributed by atoms with van der Waals surface area (Å²) in [6.07, 6.45) is 4.85. The standard InChI is InChI=1S/C22H37N5O2/c1-18(2)17-24-22(23-9-8-20-7-6-16-29-20)27-14-12-25(13-15-27)19(3)21(28)26-10-4-5-11-26/h6-7,16,18-19H,4-5,8-15,17H2,1-3H3,(H,23,24). The average molecular weight is 404 g/mol. The molecule has 7 heteroatoms. The van der Waals surface area contributed by atoms with E-state index in [1.807, 2.05) is 17.0 Å². The van der Waals surface area contributed by atoms with E-state index in [-0.39, 0.29) is 6.04 Å². The third-order valence-electron chi connectivity index (χ3n) is 5.78. The predicted octanol–water partition coefficient (Wildman–Crippen LogP) is 2.05. The molecule has 1 atom stereocenters. The minimum atomic E-state index is -0.0294. The lowest BCUT2D eigenvalue weighted by Gasteiger charge is -2.39. The summed E-state index contributed by atoms with van der Waals surface area (Å²) in [5, 5.41) is 3.52. The lowest BCUT2D eigenvalue weighted by molar-refractivity contribution is -0.135. The molecule has 0 spiro atoms. The number of rotatable bonds is 7. The van der Waals surface area contributed by atoms with E-state index in [0.29, 0.717) is 11.8 Å². The first kappa shape index (κ1) is 21.7. The van der Waals surface area contributed by atoms with Gasteiger partial charge in [0, 0.05) is 58.8 Å². The van der Waals surface area contributed by atoms with Crippen LogP contribution in [0.3, 0.4) is 0 Å². The van der Waals surface area contributed by atoms with Gasteiger partial charge in [0.15, 0.2) is 5.96 Å². The molecule has 0 aromatic carbocycles. The molecule has 7 nitrogen and oxygen atoms in total. The minimum absolute atomic E-state index is 0.0294. The van der Waals surface area contributed by atoms with E-state index in [1.54, 1.807) is 6.26 Å². The van der Waals surface area contributed by atoms with Crippen LogP contribution in [0.25, 0.3) is 0 Å². The molecule has 0 saturated carbocycles. The molecular weight excluding hydrogens is 366 g/mol. The second kappa shape index (κ2) is 10.7. The highest BCUT2D eigenvalue weighted by Crippen LogP contribution is 2.14. The summed E-state index contributed by atoms with van der Waals surface area (Å²) in [5.74, 6) is 2.78. The topological polar surface area (TPSA) is 64.3 Å². The Morgan fingerprint density at radius 1 is 1.10 bits per heavy atom. The fourth-order valence-corrected chi connectivity index (χ4v) is 3.97. The molecule has 0 radical (unpaired) electrons. The van der Waals surface area contributed by atoms with E-state index in [4.69, 9.17) is 9.41 Å². The van der Waals surface area contributed by atoms with Crippen molar-refractivity contribution in [1.82, 2.24) is 20.0 Å². The number of nitrogens with one attached hydrogen (secondary N) is 1. The van der Waals surface area contributed by atoms with Gasteiger partial charge in [0.2, 0.25) is 5.91 Å². The maximum atomic E-state index is 12.7. The Kier molecular flexibility index (Phi) is 7.98. The number of hydrogen-bond acceptors (Lipinski definition) is 4. The maximum absolute atomic E-state index is 12.7. The van der Waals surface area contributed by atoms with Gasteiger partial charge in [0.25, 0.3) is 0 Å². The molecule has 3 rings (SSSR count). The fraction of sp³-hybridized carbons (Fsp3) is 0.727. The van der Waals surface area contributed by atoms with Crippen molar-refractivity contribution in [3.8, 4) is 0 Å². The fourth-order valence-electron chi connectivity index (χ4n) is 3.97. The predicted molar refractivity (Wildman–Crippen MR) is 116 cm³/mol. The van der Waals surface area contributed by atoms with Crippen LogP contribution in [0.15, 0.2) is 27.8 Å². The van der Waals surface area contributed by atoms with Crippen molar-refractivity contribution in [3.05, 3.63) is 24.2 Å². The lowest BCUT2D eigenvalue weighted by Crippen LogP contribution is -2.57. The van der Waals surface area contributed by atoms with Crippen LogP contribution in [0, 0.1) is 5.92 Å². The smallest absolute Gasteiger partial charge is 0.239 e. The summed E-state index contributed by atoms with van der Waals surface area (Å²) in [6, 6.07) is 3.90. The van der Waals surface area contributed by atoms with Crippen molar-refractivity contribution in [3.63, 3.8) is 0 Å². The van der Waals surface area contributed by atoms with Crippen LogP contribution < -0.4 is 5.32 Å². The number of aliphatic imine (C=N–C) groups is 1. The van der Waals surface area contributed by atoms with Gasteiger partial charge in [0.05, 0.1) is 12.3 Å². The van der Waals surface area contributed by atoms with Crippen molar-refractivity contribution in [1.29, 1.82) is 0 Å². The SMILES string of the molecule is CC(C)CN=C(NCCc1ccco1)N1CCN(C(C)C(=O)N2CCCC2)CC1. The van der Waals surface area contributed by atoms with Crippen molar-refractivity contribution in [2.24, 2.45) is 10.9 Å². The highest BCUT2D eigenvalue weighted by Gasteiger charge is 2.30. The molecule has 2 saturated heterocycles. The van der Waals surface area contributed by atoms with Crippen molar-refractivity contribution >= 4 is 11.9 Å². The second-order valence-corrected chi connectivity index (χ2v) is 8.55. The Bertz CT molecular complexity index is 644. The molecule has 0 aliphatic carbocycles. The van der Waals surface area contributed by atoms with Crippen LogP contribution in [-0.2, 0) is 11.2 Å². The quantitative estimate of drug-likeness (QED) is 0.558. The van der Waals surface area contributed by atoms with Crippen molar-refractivity contribution in [2.75, 3.05) is 52.4 Å². The lowest BCUT2D eigenvalue weighted by atomic mass is 10.2. The molecule has 162 valence electrons. The molecule has 1 aromatic heterocycles. The summed E-state index contributed by atoms with van der Waals surface area (Å²) in [6.45, 7) is 13.5. The zero-order chi connectivity index (χ0) is 20.6. The summed E-state index contributed by atoms with van der Waals surface area (Å²) in [5.41, 5.74) is 0. The maximum Gasteiger partial charge on any atom is 0.239 e. The highest BCUT2D eigenvalue weighted by molar-refractivity contribution is 5.82. The second-order valence-electron chi connectivity index (χ2n) is 8.55. The van der Waals surface area contributed by atoms with E-state index >= 15 is 0 Å². The third-order valence-corrected chi connectivity index (χ3v) is 5.78. The third kappa shape index (κ3) is 6.23. The van der Waals surface area contributed by atoms with E-state index in [0.717, 1.165) is 83.3 Å². The molecule has 2 aliphatic heterocycles. The summed E-state index contributed by atoms with van der Waals surface area (Å²) in [4.78, 5) is 24.2. The van der Waals surface area contributed by atoms with Crippen LogP contribution in [0.1, 0.15) is 39.4 Å². The normalized spacial score (nSPS) is 19.8. The van der Waals surface area contributed by atoms with Crippen LogP contribution >= 0.6 is 0 Å². The van der Waals surface area contributed by atoms with E-state index < -0.39 is 0 Å². The molecule has 1 N–H and O–H groups in total. The van der Waals surface area contributed by atoms with Crippen LogP contribution in [0.4, 0.5) is 0 Å². The van der Waals surface area contributed by atoms with Gasteiger partial charge >= 0.3 is 0 Å². The number of carbonyl (C=O) groups excluding carboxylic acids is 1. The molecule has 1 amide bonds. The molecular formula is C22H37N5O2. The molecule has 1 aromatic rings. The first-order valence-electron chi connectivity index (χ1n) is 11.1. The van der Waals surface area contributed by atoms with Crippen molar-refractivity contribution < 1.29 is 9.21 Å².